The molecule has 1 unspecified atom stereocenters. The summed E-state index contributed by atoms with van der Waals surface area (Å²) in [6, 6.07) is 6.79. The predicted molar refractivity (Wildman–Crippen MR) is 64.7 cm³/mol. The molecule has 2 aromatic rings. The van der Waals surface area contributed by atoms with Crippen LogP contribution in [-0.2, 0) is 6.42 Å². The van der Waals surface area contributed by atoms with Gasteiger partial charge in [-0.05, 0) is 38.4 Å². The van der Waals surface area contributed by atoms with Crippen LogP contribution in [0.25, 0.3) is 5.65 Å². The molecule has 3 heterocycles. The molecular weight excluding hydrogens is 198 g/mol. The van der Waals surface area contributed by atoms with Crippen molar-refractivity contribution < 1.29 is 0 Å². The summed E-state index contributed by atoms with van der Waals surface area (Å²) in [6.45, 7) is 3.32. The number of nitrogens with zero attached hydrogens (tertiary/aromatic N) is 2. The molecule has 0 bridgehead atoms. The Morgan fingerprint density at radius 2 is 2.44 bits per heavy atom. The molecule has 0 amide bonds. The Morgan fingerprint density at radius 1 is 1.50 bits per heavy atom. The maximum absolute atomic E-state index is 4.70. The highest BCUT2D eigenvalue weighted by Crippen LogP contribution is 2.16. The summed E-state index contributed by atoms with van der Waals surface area (Å²) in [5.41, 5.74) is 3.59. The summed E-state index contributed by atoms with van der Waals surface area (Å²) in [4.78, 5) is 4.70. The average Bonchev–Trinajstić information content (AvgIpc) is 2.90. The van der Waals surface area contributed by atoms with Gasteiger partial charge in [-0.25, -0.2) is 4.98 Å². The van der Waals surface area contributed by atoms with Gasteiger partial charge in [0.05, 0.1) is 5.69 Å². The van der Waals surface area contributed by atoms with Gasteiger partial charge in [-0.1, -0.05) is 6.07 Å². The molecule has 3 nitrogen and oxygen atoms in total. The first-order valence-corrected chi connectivity index (χ1v) is 6.00. The van der Waals surface area contributed by atoms with Crippen LogP contribution < -0.4 is 5.32 Å². The molecule has 1 aliphatic rings. The van der Waals surface area contributed by atoms with Crippen molar-refractivity contribution in [2.75, 3.05) is 6.54 Å². The van der Waals surface area contributed by atoms with E-state index < -0.39 is 0 Å². The largest absolute Gasteiger partial charge is 0.314 e. The van der Waals surface area contributed by atoms with Crippen LogP contribution in [0.2, 0.25) is 0 Å². The van der Waals surface area contributed by atoms with Crippen molar-refractivity contribution in [1.29, 1.82) is 0 Å². The summed E-state index contributed by atoms with van der Waals surface area (Å²) < 4.78 is 2.17. The minimum absolute atomic E-state index is 0.628. The number of imidazole rings is 1. The van der Waals surface area contributed by atoms with Crippen LogP contribution in [-0.4, -0.2) is 22.0 Å². The van der Waals surface area contributed by atoms with E-state index in [-0.39, 0.29) is 0 Å². The minimum atomic E-state index is 0.628. The smallest absolute Gasteiger partial charge is 0.137 e. The molecule has 3 rings (SSSR count). The molecule has 84 valence electrons. The zero-order chi connectivity index (χ0) is 11.0. The number of pyridine rings is 1. The first kappa shape index (κ1) is 9.85. The third-order valence-corrected chi connectivity index (χ3v) is 3.47. The van der Waals surface area contributed by atoms with Gasteiger partial charge >= 0.3 is 0 Å². The highest BCUT2D eigenvalue weighted by Gasteiger charge is 2.17. The van der Waals surface area contributed by atoms with E-state index >= 15 is 0 Å². The molecule has 2 aromatic heterocycles. The molecule has 0 saturated carbocycles. The first-order chi connectivity index (χ1) is 7.84. The molecule has 1 atom stereocenters. The fourth-order valence-corrected chi connectivity index (χ4v) is 2.52. The topological polar surface area (TPSA) is 29.3 Å². The lowest BCUT2D eigenvalue weighted by molar-refractivity contribution is 0.595. The normalized spacial score (nSPS) is 20.7. The van der Waals surface area contributed by atoms with Gasteiger partial charge in [-0.2, -0.15) is 0 Å². The zero-order valence-electron chi connectivity index (χ0n) is 9.61. The van der Waals surface area contributed by atoms with Gasteiger partial charge in [-0.3, -0.25) is 0 Å². The van der Waals surface area contributed by atoms with Gasteiger partial charge in [0.1, 0.15) is 5.65 Å². The third kappa shape index (κ3) is 1.61. The van der Waals surface area contributed by atoms with Crippen LogP contribution in [0.1, 0.15) is 24.2 Å². The minimum Gasteiger partial charge on any atom is -0.314 e. The third-order valence-electron chi connectivity index (χ3n) is 3.47. The Kier molecular flexibility index (Phi) is 2.40. The highest BCUT2D eigenvalue weighted by molar-refractivity contribution is 5.42. The van der Waals surface area contributed by atoms with Crippen LogP contribution in [0.4, 0.5) is 0 Å². The van der Waals surface area contributed by atoms with Crippen LogP contribution >= 0.6 is 0 Å². The van der Waals surface area contributed by atoms with Crippen molar-refractivity contribution in [1.82, 2.24) is 14.7 Å². The van der Waals surface area contributed by atoms with E-state index in [2.05, 4.69) is 35.0 Å². The van der Waals surface area contributed by atoms with E-state index in [9.17, 15) is 0 Å². The summed E-state index contributed by atoms with van der Waals surface area (Å²) >= 11 is 0. The fourth-order valence-electron chi connectivity index (χ4n) is 2.52. The lowest BCUT2D eigenvalue weighted by atomic mass is 10.1. The number of aryl methyl sites for hydroxylation is 1. The SMILES string of the molecule is Cc1c(CC2CCCN2)nc2ccccn12. The number of fused-ring (bicyclic) bond motifs is 1. The summed E-state index contributed by atoms with van der Waals surface area (Å²) in [7, 11) is 0. The Hall–Kier alpha value is -1.35. The van der Waals surface area contributed by atoms with E-state index in [0.717, 1.165) is 18.6 Å². The highest BCUT2D eigenvalue weighted by atomic mass is 15.0. The van der Waals surface area contributed by atoms with Gasteiger partial charge in [0.15, 0.2) is 0 Å². The molecule has 1 fully saturated rings. The van der Waals surface area contributed by atoms with Crippen molar-refractivity contribution >= 4 is 5.65 Å². The van der Waals surface area contributed by atoms with Gasteiger partial charge in [0, 0.05) is 24.4 Å². The number of nitrogens with one attached hydrogen (secondary N) is 1. The lowest BCUT2D eigenvalue weighted by Crippen LogP contribution is -2.24. The molecule has 16 heavy (non-hydrogen) atoms. The van der Waals surface area contributed by atoms with Crippen LogP contribution in [0.15, 0.2) is 24.4 Å². The van der Waals surface area contributed by atoms with Crippen molar-refractivity contribution in [3.8, 4) is 0 Å². The summed E-state index contributed by atoms with van der Waals surface area (Å²) in [6.07, 6.45) is 5.74. The molecule has 1 N–H and O–H groups in total. The molecular formula is C13H17N3. The van der Waals surface area contributed by atoms with Crippen LogP contribution in [0, 0.1) is 6.92 Å². The van der Waals surface area contributed by atoms with E-state index in [1.54, 1.807) is 0 Å². The number of aromatic nitrogens is 2. The second kappa shape index (κ2) is 3.91. The maximum atomic E-state index is 4.70. The summed E-state index contributed by atoms with van der Waals surface area (Å²) in [5, 5.41) is 3.53. The zero-order valence-corrected chi connectivity index (χ0v) is 9.61. The molecule has 1 aliphatic heterocycles. The van der Waals surface area contributed by atoms with E-state index in [1.165, 1.54) is 24.2 Å². The average molecular weight is 215 g/mol. The van der Waals surface area contributed by atoms with Gasteiger partial charge < -0.3 is 9.72 Å². The second-order valence-electron chi connectivity index (χ2n) is 4.57. The standard InChI is InChI=1S/C13H17N3/c1-10-12(9-11-5-4-7-14-11)15-13-6-2-3-8-16(10)13/h2-3,6,8,11,14H,4-5,7,9H2,1H3. The van der Waals surface area contributed by atoms with Crippen molar-refractivity contribution in [3.63, 3.8) is 0 Å². The van der Waals surface area contributed by atoms with E-state index in [0.29, 0.717) is 6.04 Å². The predicted octanol–water partition coefficient (Wildman–Crippen LogP) is 1.94. The number of hydrogen-bond acceptors (Lipinski definition) is 2. The van der Waals surface area contributed by atoms with Crippen molar-refractivity contribution in [2.24, 2.45) is 0 Å². The Bertz CT molecular complexity index is 495. The van der Waals surface area contributed by atoms with E-state index in [4.69, 9.17) is 4.98 Å². The van der Waals surface area contributed by atoms with Crippen molar-refractivity contribution in [3.05, 3.63) is 35.8 Å². The van der Waals surface area contributed by atoms with E-state index in [1.807, 2.05) is 6.07 Å². The number of rotatable bonds is 2. The van der Waals surface area contributed by atoms with Crippen LogP contribution in [0.5, 0.6) is 0 Å². The molecule has 0 aliphatic carbocycles. The first-order valence-electron chi connectivity index (χ1n) is 6.00. The lowest BCUT2D eigenvalue weighted by Gasteiger charge is -2.07. The van der Waals surface area contributed by atoms with Gasteiger partial charge in [0.2, 0.25) is 0 Å². The molecule has 1 saturated heterocycles. The Balaban J connectivity index is 1.94. The van der Waals surface area contributed by atoms with Gasteiger partial charge in [0.25, 0.3) is 0 Å². The Morgan fingerprint density at radius 3 is 3.19 bits per heavy atom. The quantitative estimate of drug-likeness (QED) is 0.829. The molecule has 0 spiro atoms. The van der Waals surface area contributed by atoms with Gasteiger partial charge in [-0.15, -0.1) is 0 Å². The fraction of sp³-hybridized carbons (Fsp3) is 0.462. The molecule has 0 aromatic carbocycles. The van der Waals surface area contributed by atoms with Crippen molar-refractivity contribution in [2.45, 2.75) is 32.2 Å². The Labute approximate surface area is 95.5 Å². The molecule has 3 heteroatoms. The second-order valence-corrected chi connectivity index (χ2v) is 4.57. The monoisotopic (exact) mass is 215 g/mol. The van der Waals surface area contributed by atoms with Crippen LogP contribution in [0.3, 0.4) is 0 Å². The number of hydrogen-bond donors (Lipinski definition) is 1. The maximum Gasteiger partial charge on any atom is 0.137 e. The molecule has 0 radical (unpaired) electrons. The summed E-state index contributed by atoms with van der Waals surface area (Å²) in [5.74, 6) is 0.